The third-order valence-corrected chi connectivity index (χ3v) is 6.22. The number of nitrogens with zero attached hydrogens (tertiary/aromatic N) is 3. The fraction of sp³-hybridized carbons (Fsp3) is 0.320. The molecular weight excluding hydrogens is 505 g/mol. The van der Waals surface area contributed by atoms with Crippen molar-refractivity contribution in [2.45, 2.75) is 38.9 Å². The molecule has 4 rings (SSSR count). The van der Waals surface area contributed by atoms with Gasteiger partial charge in [-0.1, -0.05) is 23.7 Å². The highest BCUT2D eigenvalue weighted by Crippen LogP contribution is 2.28. The van der Waals surface area contributed by atoms with E-state index in [0.717, 1.165) is 12.8 Å². The number of benzene rings is 2. The number of carbonyl (C=O) groups excluding carboxylic acids is 4. The van der Waals surface area contributed by atoms with Gasteiger partial charge in [-0.05, 0) is 37.1 Å². The number of aromatic nitrogens is 2. The van der Waals surface area contributed by atoms with Crippen LogP contribution in [-0.4, -0.2) is 62.5 Å². The molecule has 12 heteroatoms. The molecule has 3 amide bonds. The number of ketones is 1. The zero-order valence-electron chi connectivity index (χ0n) is 20.0. The number of nitrogens with one attached hydrogen (secondary N) is 2. The van der Waals surface area contributed by atoms with Crippen LogP contribution >= 0.6 is 11.6 Å². The third-order valence-electron chi connectivity index (χ3n) is 5.93. The normalized spacial score (nSPS) is 12.9. The van der Waals surface area contributed by atoms with E-state index in [1.54, 1.807) is 24.3 Å². The monoisotopic (exact) mass is 529 g/mol. The molecule has 1 aliphatic rings. The second kappa shape index (κ2) is 11.1. The maximum atomic E-state index is 14.1. The summed E-state index contributed by atoms with van der Waals surface area (Å²) in [5.74, 6) is -2.34. The van der Waals surface area contributed by atoms with Gasteiger partial charge in [0, 0.05) is 36.1 Å². The van der Waals surface area contributed by atoms with Gasteiger partial charge in [0.1, 0.15) is 24.7 Å². The Bertz CT molecular complexity index is 1390. The van der Waals surface area contributed by atoms with E-state index in [-0.39, 0.29) is 53.6 Å². The van der Waals surface area contributed by atoms with Gasteiger partial charge in [0.25, 0.3) is 0 Å². The Hall–Kier alpha value is -3.83. The number of carbonyl (C=O) groups is 4. The van der Waals surface area contributed by atoms with Crippen molar-refractivity contribution in [3.8, 4) is 0 Å². The quantitative estimate of drug-likeness (QED) is 0.345. The predicted octanol–water partition coefficient (Wildman–Crippen LogP) is 2.27. The molecule has 3 N–H and O–H groups in total. The second-order valence-electron chi connectivity index (χ2n) is 8.74. The number of anilines is 1. The Labute approximate surface area is 216 Å². The van der Waals surface area contributed by atoms with Gasteiger partial charge in [-0.2, -0.15) is 5.10 Å². The van der Waals surface area contributed by atoms with E-state index in [1.165, 1.54) is 28.6 Å². The van der Waals surface area contributed by atoms with Gasteiger partial charge < -0.3 is 20.6 Å². The minimum Gasteiger partial charge on any atom is -0.387 e. The molecule has 1 aromatic heterocycles. The lowest BCUT2D eigenvalue weighted by molar-refractivity contribution is -0.137. The van der Waals surface area contributed by atoms with Gasteiger partial charge in [0.05, 0.1) is 17.1 Å². The van der Waals surface area contributed by atoms with Crippen LogP contribution in [0.4, 0.5) is 10.1 Å². The molecule has 0 atom stereocenters. The molecule has 1 aliphatic carbocycles. The van der Waals surface area contributed by atoms with E-state index in [1.807, 2.05) is 0 Å². The van der Waals surface area contributed by atoms with E-state index in [0.29, 0.717) is 16.6 Å². The highest BCUT2D eigenvalue weighted by atomic mass is 35.5. The lowest BCUT2D eigenvalue weighted by Crippen LogP contribution is -2.43. The largest absolute Gasteiger partial charge is 0.387 e. The van der Waals surface area contributed by atoms with Gasteiger partial charge in [0.15, 0.2) is 5.78 Å². The second-order valence-corrected chi connectivity index (χ2v) is 9.15. The van der Waals surface area contributed by atoms with Crippen LogP contribution < -0.4 is 10.6 Å². The number of fused-ring (bicyclic) bond motifs is 1. The molecule has 2 aromatic carbocycles. The first-order valence-corrected chi connectivity index (χ1v) is 12.0. The Morgan fingerprint density at radius 1 is 1.19 bits per heavy atom. The van der Waals surface area contributed by atoms with Crippen molar-refractivity contribution in [3.05, 3.63) is 58.5 Å². The van der Waals surface area contributed by atoms with Crippen LogP contribution in [0.3, 0.4) is 0 Å². The lowest BCUT2D eigenvalue weighted by atomic mass is 10.1. The number of hydrogen-bond donors (Lipinski definition) is 3. The summed E-state index contributed by atoms with van der Waals surface area (Å²) in [6.07, 6.45) is 1.52. The minimum atomic E-state index is -0.690. The van der Waals surface area contributed by atoms with Crippen molar-refractivity contribution >= 4 is 51.7 Å². The average molecular weight is 530 g/mol. The van der Waals surface area contributed by atoms with Crippen molar-refractivity contribution in [3.63, 3.8) is 0 Å². The minimum absolute atomic E-state index is 0.0409. The number of rotatable bonds is 10. The molecule has 0 unspecified atom stereocenters. The van der Waals surface area contributed by atoms with Crippen LogP contribution in [0.15, 0.2) is 36.4 Å². The van der Waals surface area contributed by atoms with Crippen LogP contribution in [0.5, 0.6) is 0 Å². The van der Waals surface area contributed by atoms with Gasteiger partial charge in [0.2, 0.25) is 17.7 Å². The molecule has 1 saturated carbocycles. The van der Waals surface area contributed by atoms with Crippen LogP contribution in [0.1, 0.15) is 35.8 Å². The van der Waals surface area contributed by atoms with Crippen molar-refractivity contribution in [1.29, 1.82) is 0 Å². The lowest BCUT2D eigenvalue weighted by Gasteiger charge is -2.22. The van der Waals surface area contributed by atoms with Crippen LogP contribution in [0.2, 0.25) is 5.02 Å². The summed E-state index contributed by atoms with van der Waals surface area (Å²) in [6, 6.07) is 9.16. The topological polar surface area (TPSA) is 134 Å². The van der Waals surface area contributed by atoms with Crippen LogP contribution in [-0.2, 0) is 27.5 Å². The fourth-order valence-electron chi connectivity index (χ4n) is 3.95. The summed E-state index contributed by atoms with van der Waals surface area (Å²) < 4.78 is 15.5. The summed E-state index contributed by atoms with van der Waals surface area (Å²) in [6.45, 7) is 0.167. The van der Waals surface area contributed by atoms with E-state index < -0.39 is 24.2 Å². The molecule has 194 valence electrons. The van der Waals surface area contributed by atoms with Gasteiger partial charge in [-0.25, -0.2) is 4.39 Å². The highest BCUT2D eigenvalue weighted by Gasteiger charge is 2.34. The summed E-state index contributed by atoms with van der Waals surface area (Å²) in [4.78, 5) is 51.0. The maximum absolute atomic E-state index is 14.1. The fourth-order valence-corrected chi connectivity index (χ4v) is 4.15. The van der Waals surface area contributed by atoms with E-state index in [9.17, 15) is 23.6 Å². The summed E-state index contributed by atoms with van der Waals surface area (Å²) in [7, 11) is 0. The zero-order valence-corrected chi connectivity index (χ0v) is 20.7. The highest BCUT2D eigenvalue weighted by molar-refractivity contribution is 6.30. The number of amides is 3. The number of aliphatic hydroxyl groups excluding tert-OH is 1. The summed E-state index contributed by atoms with van der Waals surface area (Å²) in [5.41, 5.74) is 1.23. The molecule has 0 bridgehead atoms. The third kappa shape index (κ3) is 6.12. The Morgan fingerprint density at radius 3 is 2.62 bits per heavy atom. The summed E-state index contributed by atoms with van der Waals surface area (Å²) >= 11 is 5.78. The summed E-state index contributed by atoms with van der Waals surface area (Å²) in [5, 5.41) is 18.8. The zero-order chi connectivity index (χ0) is 26.7. The van der Waals surface area contributed by atoms with Crippen molar-refractivity contribution in [1.82, 2.24) is 20.0 Å². The molecule has 3 aromatic rings. The predicted molar refractivity (Wildman–Crippen MR) is 133 cm³/mol. The Balaban J connectivity index is 1.48. The van der Waals surface area contributed by atoms with E-state index >= 15 is 0 Å². The van der Waals surface area contributed by atoms with E-state index in [2.05, 4.69) is 15.7 Å². The molecule has 0 radical (unpaired) electrons. The number of halogens is 2. The van der Waals surface area contributed by atoms with Crippen molar-refractivity contribution in [2.75, 3.05) is 18.5 Å². The molecule has 1 heterocycles. The SMILES string of the molecule is CC(=O)c1nn(CC(=O)N(CC(=O)NCc2cccc(Cl)c2F)C2CC2)c2ccc(NC(=O)CO)cc12. The molecule has 0 aliphatic heterocycles. The van der Waals surface area contributed by atoms with Crippen molar-refractivity contribution < 1.29 is 28.7 Å². The maximum Gasteiger partial charge on any atom is 0.250 e. The Morgan fingerprint density at radius 2 is 1.95 bits per heavy atom. The molecule has 10 nitrogen and oxygen atoms in total. The first kappa shape index (κ1) is 26.2. The van der Waals surface area contributed by atoms with Gasteiger partial charge in [-0.15, -0.1) is 0 Å². The first-order chi connectivity index (χ1) is 17.7. The van der Waals surface area contributed by atoms with Crippen LogP contribution in [0.25, 0.3) is 10.9 Å². The molecule has 0 saturated heterocycles. The van der Waals surface area contributed by atoms with Crippen LogP contribution in [0, 0.1) is 5.82 Å². The molecule has 0 spiro atoms. The number of Topliss-reactive ketones (excluding diaryl/α,β-unsaturated/α-hetero) is 1. The first-order valence-electron chi connectivity index (χ1n) is 11.6. The van der Waals surface area contributed by atoms with Gasteiger partial charge in [-0.3, -0.25) is 23.9 Å². The molecule has 37 heavy (non-hydrogen) atoms. The molecular formula is C25H25ClFN5O5. The molecule has 1 fully saturated rings. The van der Waals surface area contributed by atoms with Gasteiger partial charge >= 0.3 is 0 Å². The number of aliphatic hydroxyl groups is 1. The smallest absolute Gasteiger partial charge is 0.250 e. The van der Waals surface area contributed by atoms with Crippen molar-refractivity contribution in [2.24, 2.45) is 0 Å². The van der Waals surface area contributed by atoms with E-state index in [4.69, 9.17) is 16.7 Å². The standard InChI is InChI=1S/C25H25ClFN5O5/c1-14(34)25-18-9-16(29-22(36)13-33)5-8-20(18)32(30-25)12-23(37)31(17-6-7-17)11-21(35)28-10-15-3-2-4-19(26)24(15)27/h2-5,8-9,17,33H,6-7,10-13H2,1H3,(H,28,35)(H,29,36). The Kier molecular flexibility index (Phi) is 7.84. The average Bonchev–Trinajstić information content (AvgIpc) is 3.65. The number of hydrogen-bond acceptors (Lipinski definition) is 6.